The maximum atomic E-state index is 8.55. The minimum Gasteiger partial charge on any atom is -1.00 e. The highest BCUT2D eigenvalue weighted by Crippen LogP contribution is 2.20. The third-order valence-corrected chi connectivity index (χ3v) is 3.52. The third-order valence-electron chi connectivity index (χ3n) is 3.52. The monoisotopic (exact) mass is 371 g/mol. The summed E-state index contributed by atoms with van der Waals surface area (Å²) in [6.45, 7) is 6.57. The quantitative estimate of drug-likeness (QED) is 0.258. The zero-order valence-electron chi connectivity index (χ0n) is 14.2. The molecule has 1 N–H and O–H groups in total. The van der Waals surface area contributed by atoms with Gasteiger partial charge in [0, 0.05) is 36.9 Å². The smallest absolute Gasteiger partial charge is 0.474 e. The maximum absolute atomic E-state index is 8.55. The van der Waals surface area contributed by atoms with E-state index in [9.17, 15) is 0 Å². The minimum absolute atomic E-state index is 0. The van der Waals surface area contributed by atoms with E-state index in [1.807, 2.05) is 46.1 Å². The maximum Gasteiger partial charge on any atom is 0.474 e. The lowest BCUT2D eigenvalue weighted by atomic mass is 9.88. The molecule has 2 rings (SSSR count). The van der Waals surface area contributed by atoms with Crippen LogP contribution in [0, 0.1) is 0 Å². The van der Waals surface area contributed by atoms with Gasteiger partial charge in [-0.2, -0.15) is 0 Å². The number of ether oxygens (including phenoxy) is 1. The van der Waals surface area contributed by atoms with Gasteiger partial charge < -0.3 is 30.0 Å². The van der Waals surface area contributed by atoms with Crippen molar-refractivity contribution in [3.05, 3.63) is 60.2 Å². The first kappa shape index (κ1) is 22.3. The largest absolute Gasteiger partial charge is 1.00 e. The fourth-order valence-corrected chi connectivity index (χ4v) is 2.23. The molecule has 0 fully saturated rings. The van der Waals surface area contributed by atoms with Gasteiger partial charge in [0.25, 0.3) is 0 Å². The average molecular weight is 372 g/mol. The van der Waals surface area contributed by atoms with Crippen LogP contribution in [-0.2, 0) is 10.2 Å². The van der Waals surface area contributed by atoms with Crippen molar-refractivity contribution in [3.8, 4) is 0 Å². The Kier molecular flexibility index (Phi) is 8.89. The van der Waals surface area contributed by atoms with E-state index in [4.69, 9.17) is 9.94 Å². The fraction of sp³-hybridized carbons (Fsp3) is 0.353. The molecule has 1 atom stereocenters. The third kappa shape index (κ3) is 5.44. The van der Waals surface area contributed by atoms with E-state index in [1.54, 1.807) is 7.11 Å². The van der Waals surface area contributed by atoms with Gasteiger partial charge >= 0.3 is 6.35 Å². The highest BCUT2D eigenvalue weighted by atomic mass is 35.5. The zero-order chi connectivity index (χ0) is 16.2. The van der Waals surface area contributed by atoms with Gasteiger partial charge in [0.15, 0.2) is 24.8 Å². The number of hydrogen-bond donors (Lipinski definition) is 1. The van der Waals surface area contributed by atoms with E-state index in [-0.39, 0.29) is 36.6 Å². The second kappa shape index (κ2) is 9.57. The van der Waals surface area contributed by atoms with Crippen LogP contribution in [-0.4, -0.2) is 18.5 Å². The van der Waals surface area contributed by atoms with Crippen LogP contribution in [0.15, 0.2) is 54.2 Å². The van der Waals surface area contributed by atoms with Gasteiger partial charge in [-0.3, -0.25) is 4.74 Å². The van der Waals surface area contributed by atoms with Crippen molar-refractivity contribution in [2.75, 3.05) is 7.11 Å². The lowest BCUT2D eigenvalue weighted by Gasteiger charge is -2.17. The summed E-state index contributed by atoms with van der Waals surface area (Å²) in [4.78, 5) is 0. The van der Waals surface area contributed by atoms with Crippen LogP contribution >= 0.6 is 0 Å². The van der Waals surface area contributed by atoms with Gasteiger partial charge in [-0.1, -0.05) is 25.9 Å². The Morgan fingerprint density at radius 2 is 1.46 bits per heavy atom. The van der Waals surface area contributed by atoms with E-state index >= 15 is 0 Å². The lowest BCUT2D eigenvalue weighted by molar-refractivity contribution is -0.983. The van der Waals surface area contributed by atoms with Crippen LogP contribution < -0.4 is 33.9 Å². The molecule has 2 aromatic rings. The molecule has 0 amide bonds. The lowest BCUT2D eigenvalue weighted by Crippen LogP contribution is -3.00. The molecule has 0 aromatic carbocycles. The molecule has 7 heteroatoms. The number of rotatable bonds is 4. The summed E-state index contributed by atoms with van der Waals surface area (Å²) in [5, 5.41) is 11.6. The molecule has 0 radical (unpaired) electrons. The number of halogens is 2. The molecular formula is C17H23Cl2N3O2. The highest BCUT2D eigenvalue weighted by Gasteiger charge is 2.27. The first-order valence-electron chi connectivity index (χ1n) is 7.18. The van der Waals surface area contributed by atoms with Gasteiger partial charge in [-0.25, -0.2) is 0 Å². The molecule has 2 aromatic heterocycles. The predicted octanol–water partition coefficient (Wildman–Crippen LogP) is -3.97. The van der Waals surface area contributed by atoms with Crippen molar-refractivity contribution < 1.29 is 43.9 Å². The molecule has 5 nitrogen and oxygen atoms in total. The summed E-state index contributed by atoms with van der Waals surface area (Å²) < 4.78 is 9.52. The van der Waals surface area contributed by atoms with Crippen molar-refractivity contribution in [3.63, 3.8) is 0 Å². The van der Waals surface area contributed by atoms with Gasteiger partial charge in [0.2, 0.25) is 0 Å². The van der Waals surface area contributed by atoms with Gasteiger partial charge in [-0.15, -0.1) is 9.13 Å². The Hall–Kier alpha value is -1.69. The van der Waals surface area contributed by atoms with E-state index in [2.05, 4.69) is 38.1 Å². The van der Waals surface area contributed by atoms with E-state index in [0.717, 1.165) is 5.56 Å². The summed E-state index contributed by atoms with van der Waals surface area (Å²) >= 11 is 0. The normalized spacial score (nSPS) is 12.3. The zero-order valence-corrected chi connectivity index (χ0v) is 15.7. The second-order valence-corrected chi connectivity index (χ2v) is 6.17. The number of aromatic nitrogens is 2. The molecule has 0 spiro atoms. The first-order valence-corrected chi connectivity index (χ1v) is 7.18. The Balaban J connectivity index is 0.00000264. The standard InChI is InChI=1S/C17H22N3O2.2ClH/c1-17(2,3)15-7-11-20(12-8-15)16(22-4)19-9-5-14(6-10-19)13-18-21;;/h5-13,16H,1-4H3;2*1H/q+1;;/p-1. The van der Waals surface area contributed by atoms with Gasteiger partial charge in [0.1, 0.15) is 0 Å². The highest BCUT2D eigenvalue weighted by molar-refractivity contribution is 5.78. The number of hydrogen-bond acceptors (Lipinski definition) is 3. The van der Waals surface area contributed by atoms with Gasteiger partial charge in [-0.05, 0) is 11.0 Å². The van der Waals surface area contributed by atoms with Crippen molar-refractivity contribution in [2.45, 2.75) is 32.5 Å². The molecule has 2 heterocycles. The van der Waals surface area contributed by atoms with Crippen LogP contribution in [0.2, 0.25) is 0 Å². The molecular weight excluding hydrogens is 349 g/mol. The SMILES string of the molecule is COC([n+]1ccc(/C=N\O)cc1)[n+]1ccc(C(C)(C)C)cc1.[Cl-].[Cl-]. The van der Waals surface area contributed by atoms with E-state index in [1.165, 1.54) is 11.8 Å². The predicted molar refractivity (Wildman–Crippen MR) is 82.8 cm³/mol. The second-order valence-electron chi connectivity index (χ2n) is 6.17. The minimum atomic E-state index is -0.269. The molecule has 24 heavy (non-hydrogen) atoms. The average Bonchev–Trinajstić information content (AvgIpc) is 2.50. The Bertz CT molecular complexity index is 638. The molecule has 0 aliphatic rings. The molecule has 0 aliphatic carbocycles. The Morgan fingerprint density at radius 3 is 1.83 bits per heavy atom. The first-order chi connectivity index (χ1) is 10.5. The number of pyridine rings is 2. The van der Waals surface area contributed by atoms with E-state index in [0.29, 0.717) is 0 Å². The summed E-state index contributed by atoms with van der Waals surface area (Å²) in [5.41, 5.74) is 2.22. The van der Waals surface area contributed by atoms with Gasteiger partial charge in [0.05, 0.1) is 6.21 Å². The van der Waals surface area contributed by atoms with Crippen LogP contribution in [0.4, 0.5) is 0 Å². The summed E-state index contributed by atoms with van der Waals surface area (Å²) in [6.07, 6.45) is 8.92. The van der Waals surface area contributed by atoms with Crippen LogP contribution in [0.1, 0.15) is 38.2 Å². The molecule has 0 aliphatic heterocycles. The van der Waals surface area contributed by atoms with E-state index < -0.39 is 0 Å². The summed E-state index contributed by atoms with van der Waals surface area (Å²) in [5.74, 6) is 0. The summed E-state index contributed by atoms with van der Waals surface area (Å²) in [6, 6.07) is 7.93. The van der Waals surface area contributed by atoms with Crippen LogP contribution in [0.3, 0.4) is 0 Å². The topological polar surface area (TPSA) is 49.6 Å². The fourth-order valence-electron chi connectivity index (χ4n) is 2.23. The molecule has 0 bridgehead atoms. The Labute approximate surface area is 155 Å². The van der Waals surface area contributed by atoms with Crippen LogP contribution in [0.5, 0.6) is 0 Å². The molecule has 0 saturated carbocycles. The summed E-state index contributed by atoms with van der Waals surface area (Å²) in [7, 11) is 1.67. The van der Waals surface area contributed by atoms with Crippen LogP contribution in [0.25, 0.3) is 0 Å². The number of oxime groups is 1. The molecule has 1 unspecified atom stereocenters. The van der Waals surface area contributed by atoms with Crippen molar-refractivity contribution in [2.24, 2.45) is 5.16 Å². The van der Waals surface area contributed by atoms with Crippen molar-refractivity contribution in [1.29, 1.82) is 0 Å². The molecule has 0 saturated heterocycles. The Morgan fingerprint density at radius 1 is 1.00 bits per heavy atom. The molecule has 132 valence electrons. The number of methoxy groups -OCH3 is 1. The van der Waals surface area contributed by atoms with Crippen molar-refractivity contribution in [1.82, 2.24) is 0 Å². The van der Waals surface area contributed by atoms with Crippen molar-refractivity contribution >= 4 is 6.21 Å². The number of nitrogens with zero attached hydrogens (tertiary/aromatic N) is 3.